The second-order valence-electron chi connectivity index (χ2n) is 3.97. The van der Waals surface area contributed by atoms with E-state index in [-0.39, 0.29) is 6.42 Å². The van der Waals surface area contributed by atoms with Gasteiger partial charge >= 0.3 is 5.38 Å². The van der Waals surface area contributed by atoms with Crippen molar-refractivity contribution < 1.29 is 18.4 Å². The maximum absolute atomic E-state index is 12.7. The molecule has 1 atom stereocenters. The molecule has 0 amide bonds. The first-order valence-electron chi connectivity index (χ1n) is 5.14. The summed E-state index contributed by atoms with van der Waals surface area (Å²) in [6, 6.07) is 6.71. The van der Waals surface area contributed by atoms with Crippen LogP contribution in [0.2, 0.25) is 0 Å². The Morgan fingerprint density at radius 1 is 1.35 bits per heavy atom. The van der Waals surface area contributed by atoms with Crippen molar-refractivity contribution in [3.63, 3.8) is 0 Å². The van der Waals surface area contributed by atoms with Crippen molar-refractivity contribution in [2.75, 3.05) is 0 Å². The minimum Gasteiger partial charge on any atom is -0.293 e. The molecule has 0 aliphatic heterocycles. The fourth-order valence-corrected chi connectivity index (χ4v) is 2.18. The highest BCUT2D eigenvalue weighted by molar-refractivity contribution is 6.35. The number of rotatable bonds is 2. The molecule has 0 saturated carbocycles. The van der Waals surface area contributed by atoms with Crippen molar-refractivity contribution in [3.8, 4) is 0 Å². The second-order valence-corrected chi connectivity index (χ2v) is 4.45. The van der Waals surface area contributed by atoms with Gasteiger partial charge in [-0.25, -0.2) is 0 Å². The first-order chi connectivity index (χ1) is 7.91. The van der Waals surface area contributed by atoms with Crippen LogP contribution in [0.5, 0.6) is 0 Å². The molecule has 17 heavy (non-hydrogen) atoms. The van der Waals surface area contributed by atoms with E-state index in [0.717, 1.165) is 5.56 Å². The fourth-order valence-electron chi connectivity index (χ4n) is 2.05. The van der Waals surface area contributed by atoms with Gasteiger partial charge in [0, 0.05) is 5.56 Å². The summed E-state index contributed by atoms with van der Waals surface area (Å²) in [4.78, 5) is 23.2. The van der Waals surface area contributed by atoms with Gasteiger partial charge in [-0.15, -0.1) is 0 Å². The van der Waals surface area contributed by atoms with Crippen molar-refractivity contribution in [1.82, 2.24) is 0 Å². The maximum Gasteiger partial charge on any atom is 0.381 e. The third-order valence-corrected chi connectivity index (χ3v) is 3.08. The van der Waals surface area contributed by atoms with Gasteiger partial charge in [-0.1, -0.05) is 24.3 Å². The Bertz CT molecular complexity index is 480. The third kappa shape index (κ3) is 2.22. The quantitative estimate of drug-likeness (QED) is 0.604. The molecule has 5 heteroatoms. The zero-order chi connectivity index (χ0) is 12.6. The zero-order valence-corrected chi connectivity index (χ0v) is 9.51. The molecule has 1 aliphatic carbocycles. The number of hydrogen-bond acceptors (Lipinski definition) is 2. The SMILES string of the molecule is O=C1c2ccccc2CCC1C(=O)C(F)(F)Cl. The van der Waals surface area contributed by atoms with Crippen LogP contribution in [0.25, 0.3) is 0 Å². The van der Waals surface area contributed by atoms with Crippen molar-refractivity contribution in [1.29, 1.82) is 0 Å². The lowest BCUT2D eigenvalue weighted by Crippen LogP contribution is -2.37. The van der Waals surface area contributed by atoms with Gasteiger partial charge in [-0.05, 0) is 30.0 Å². The van der Waals surface area contributed by atoms with Gasteiger partial charge in [0.1, 0.15) is 0 Å². The van der Waals surface area contributed by atoms with E-state index in [9.17, 15) is 18.4 Å². The predicted octanol–water partition coefficient (Wildman–Crippen LogP) is 2.83. The van der Waals surface area contributed by atoms with Crippen LogP contribution in [0.15, 0.2) is 24.3 Å². The molecule has 2 nitrogen and oxygen atoms in total. The fraction of sp³-hybridized carbons (Fsp3) is 0.333. The predicted molar refractivity (Wildman–Crippen MR) is 58.4 cm³/mol. The smallest absolute Gasteiger partial charge is 0.293 e. The molecule has 0 bridgehead atoms. The molecule has 0 spiro atoms. The van der Waals surface area contributed by atoms with Crippen LogP contribution in [0, 0.1) is 5.92 Å². The molecule has 2 rings (SSSR count). The lowest BCUT2D eigenvalue weighted by Gasteiger charge is -2.23. The molecular weight excluding hydrogens is 250 g/mol. The number of benzene rings is 1. The Hall–Kier alpha value is -1.29. The van der Waals surface area contributed by atoms with Crippen LogP contribution >= 0.6 is 11.6 Å². The van der Waals surface area contributed by atoms with Gasteiger partial charge in [-0.3, -0.25) is 9.59 Å². The molecule has 1 aromatic carbocycles. The lowest BCUT2D eigenvalue weighted by molar-refractivity contribution is -0.136. The van der Waals surface area contributed by atoms with E-state index < -0.39 is 22.9 Å². The summed E-state index contributed by atoms with van der Waals surface area (Å²) >= 11 is 4.67. The van der Waals surface area contributed by atoms with Crippen molar-refractivity contribution in [3.05, 3.63) is 35.4 Å². The number of alkyl halides is 3. The first-order valence-corrected chi connectivity index (χ1v) is 5.52. The van der Waals surface area contributed by atoms with Crippen molar-refractivity contribution in [2.24, 2.45) is 5.92 Å². The summed E-state index contributed by atoms with van der Waals surface area (Å²) in [5, 5.41) is -3.97. The number of Topliss-reactive ketones (excluding diaryl/α,β-unsaturated/α-hetero) is 2. The minimum atomic E-state index is -3.97. The summed E-state index contributed by atoms with van der Waals surface area (Å²) in [5.41, 5.74) is 1.14. The number of carbonyl (C=O) groups excluding carboxylic acids is 2. The third-order valence-electron chi connectivity index (χ3n) is 2.90. The number of carbonyl (C=O) groups is 2. The van der Waals surface area contributed by atoms with Crippen LogP contribution in [0.3, 0.4) is 0 Å². The second kappa shape index (κ2) is 4.18. The van der Waals surface area contributed by atoms with Gasteiger partial charge < -0.3 is 0 Å². The van der Waals surface area contributed by atoms with E-state index >= 15 is 0 Å². The zero-order valence-electron chi connectivity index (χ0n) is 8.75. The number of hydrogen-bond donors (Lipinski definition) is 0. The molecule has 0 heterocycles. The minimum absolute atomic E-state index is 0.0942. The molecule has 1 aliphatic rings. The molecule has 1 unspecified atom stereocenters. The highest BCUT2D eigenvalue weighted by Crippen LogP contribution is 2.32. The number of halogens is 3. The standard InChI is InChI=1S/C12H9ClF2O2/c13-12(14,15)11(17)9-6-5-7-3-1-2-4-8(7)10(9)16/h1-4,9H,5-6H2. The Morgan fingerprint density at radius 2 is 2.00 bits per heavy atom. The van der Waals surface area contributed by atoms with Crippen LogP contribution in [-0.4, -0.2) is 16.9 Å². The van der Waals surface area contributed by atoms with Crippen molar-refractivity contribution >= 4 is 23.2 Å². The van der Waals surface area contributed by atoms with E-state index in [1.165, 1.54) is 0 Å². The van der Waals surface area contributed by atoms with Gasteiger partial charge in [0.15, 0.2) is 5.78 Å². The molecule has 0 aromatic heterocycles. The molecule has 0 saturated heterocycles. The average Bonchev–Trinajstić information content (AvgIpc) is 2.28. The molecule has 0 fully saturated rings. The first kappa shape index (κ1) is 12.2. The summed E-state index contributed by atoms with van der Waals surface area (Å²) in [6.45, 7) is 0. The summed E-state index contributed by atoms with van der Waals surface area (Å²) in [5.74, 6) is -3.38. The van der Waals surface area contributed by atoms with Crippen LogP contribution in [0.1, 0.15) is 22.3 Å². The largest absolute Gasteiger partial charge is 0.381 e. The highest BCUT2D eigenvalue weighted by Gasteiger charge is 2.45. The highest BCUT2D eigenvalue weighted by atomic mass is 35.5. The van der Waals surface area contributed by atoms with Gasteiger partial charge in [-0.2, -0.15) is 8.78 Å². The Morgan fingerprint density at radius 3 is 2.65 bits per heavy atom. The van der Waals surface area contributed by atoms with E-state index in [2.05, 4.69) is 11.6 Å². The summed E-state index contributed by atoms with van der Waals surface area (Å²) < 4.78 is 25.4. The molecule has 90 valence electrons. The Labute approximate surface area is 102 Å². The van der Waals surface area contributed by atoms with Crippen molar-refractivity contribution in [2.45, 2.75) is 18.2 Å². The van der Waals surface area contributed by atoms with E-state index in [4.69, 9.17) is 0 Å². The van der Waals surface area contributed by atoms with Crippen LogP contribution < -0.4 is 0 Å². The molecular formula is C12H9ClF2O2. The van der Waals surface area contributed by atoms with E-state index in [0.29, 0.717) is 12.0 Å². The maximum atomic E-state index is 12.7. The monoisotopic (exact) mass is 258 g/mol. The lowest BCUT2D eigenvalue weighted by atomic mass is 9.80. The topological polar surface area (TPSA) is 34.1 Å². The normalized spacial score (nSPS) is 19.9. The molecule has 1 aromatic rings. The van der Waals surface area contributed by atoms with Gasteiger partial charge in [0.25, 0.3) is 0 Å². The average molecular weight is 259 g/mol. The number of ketones is 2. The number of aryl methyl sites for hydroxylation is 1. The summed E-state index contributed by atoms with van der Waals surface area (Å²) in [6.07, 6.45) is 0.530. The summed E-state index contributed by atoms with van der Waals surface area (Å²) in [7, 11) is 0. The van der Waals surface area contributed by atoms with Crippen LogP contribution in [-0.2, 0) is 11.2 Å². The van der Waals surface area contributed by atoms with Gasteiger partial charge in [0.05, 0.1) is 5.92 Å². The molecule has 0 radical (unpaired) electrons. The van der Waals surface area contributed by atoms with E-state index in [1.54, 1.807) is 24.3 Å². The van der Waals surface area contributed by atoms with Crippen LogP contribution in [0.4, 0.5) is 8.78 Å². The Kier molecular flexibility index (Phi) is 3.00. The number of fused-ring (bicyclic) bond motifs is 1. The van der Waals surface area contributed by atoms with Gasteiger partial charge in [0.2, 0.25) is 5.78 Å². The molecule has 0 N–H and O–H groups in total. The Balaban J connectivity index is 2.33. The van der Waals surface area contributed by atoms with E-state index in [1.807, 2.05) is 0 Å².